The lowest BCUT2D eigenvalue weighted by molar-refractivity contribution is -0.134. The van der Waals surface area contributed by atoms with Gasteiger partial charge in [0, 0.05) is 12.8 Å². The van der Waals surface area contributed by atoms with E-state index in [1.165, 1.54) is 12.3 Å². The Hall–Kier alpha value is -2.86. The molecule has 1 saturated heterocycles. The van der Waals surface area contributed by atoms with E-state index in [2.05, 4.69) is 0 Å². The molecule has 1 fully saturated rings. The normalized spacial score (nSPS) is 14.2. The first kappa shape index (κ1) is 11.6. The molecule has 2 rings (SSSR count). The molecule has 0 atom stereocenters. The van der Waals surface area contributed by atoms with Crippen LogP contribution in [0.1, 0.15) is 18.6 Å². The van der Waals surface area contributed by atoms with Gasteiger partial charge in [-0.3, -0.25) is 9.59 Å². The summed E-state index contributed by atoms with van der Waals surface area (Å²) in [5.41, 5.74) is -0.397. The van der Waals surface area contributed by atoms with Crippen molar-refractivity contribution in [2.75, 3.05) is 0 Å². The first-order valence-electron chi connectivity index (χ1n) is 5.13. The third-order valence-corrected chi connectivity index (χ3v) is 2.49. The van der Waals surface area contributed by atoms with E-state index in [-0.39, 0.29) is 29.9 Å². The van der Waals surface area contributed by atoms with Crippen LogP contribution in [0.2, 0.25) is 0 Å². The third kappa shape index (κ3) is 1.76. The predicted octanol–water partition coefficient (Wildman–Crippen LogP) is 1.19. The second-order valence-corrected chi connectivity index (χ2v) is 3.55. The van der Waals surface area contributed by atoms with Gasteiger partial charge < -0.3 is 4.42 Å². The fourth-order valence-electron chi connectivity index (χ4n) is 1.72. The molecule has 0 unspecified atom stereocenters. The number of allylic oxidation sites excluding steroid dienone is 1. The Morgan fingerprint density at radius 2 is 1.83 bits per heavy atom. The lowest BCUT2D eigenvalue weighted by Gasteiger charge is -2.15. The van der Waals surface area contributed by atoms with Crippen LogP contribution in [-0.4, -0.2) is 16.7 Å². The van der Waals surface area contributed by atoms with Gasteiger partial charge in [-0.15, -0.1) is 0 Å². The van der Waals surface area contributed by atoms with E-state index in [1.807, 2.05) is 0 Å². The molecule has 0 saturated carbocycles. The van der Waals surface area contributed by atoms with Gasteiger partial charge in [-0.2, -0.15) is 10.5 Å². The van der Waals surface area contributed by atoms with E-state index in [9.17, 15) is 9.59 Å². The van der Waals surface area contributed by atoms with Crippen molar-refractivity contribution in [2.24, 2.45) is 0 Å². The summed E-state index contributed by atoms with van der Waals surface area (Å²) in [5, 5.41) is 17.8. The summed E-state index contributed by atoms with van der Waals surface area (Å²) in [7, 11) is 0. The molecule has 0 aliphatic carbocycles. The van der Waals surface area contributed by atoms with Crippen molar-refractivity contribution < 1.29 is 14.0 Å². The van der Waals surface area contributed by atoms with Crippen molar-refractivity contribution in [2.45, 2.75) is 12.8 Å². The summed E-state index contributed by atoms with van der Waals surface area (Å²) in [4.78, 5) is 24.2. The number of furan rings is 1. The largest absolute Gasteiger partial charge is 0.463 e. The molecule has 6 nitrogen and oxygen atoms in total. The molecule has 1 aromatic rings. The Morgan fingerprint density at radius 3 is 2.28 bits per heavy atom. The van der Waals surface area contributed by atoms with Crippen LogP contribution in [0.4, 0.5) is 0 Å². The third-order valence-electron chi connectivity index (χ3n) is 2.49. The van der Waals surface area contributed by atoms with Crippen LogP contribution in [-0.2, 0) is 9.59 Å². The lowest BCUT2D eigenvalue weighted by Crippen LogP contribution is -2.28. The number of carbonyl (C=O) groups is 2. The summed E-state index contributed by atoms with van der Waals surface area (Å²) in [5.74, 6) is -0.722. The minimum absolute atomic E-state index is 0.0718. The fourth-order valence-corrected chi connectivity index (χ4v) is 1.72. The first-order valence-corrected chi connectivity index (χ1v) is 5.13. The second kappa shape index (κ2) is 4.56. The summed E-state index contributed by atoms with van der Waals surface area (Å²) in [6.07, 6.45) is 1.49. The van der Waals surface area contributed by atoms with Gasteiger partial charge >= 0.3 is 0 Å². The molecule has 0 N–H and O–H groups in total. The number of imide groups is 1. The Kier molecular flexibility index (Phi) is 2.94. The van der Waals surface area contributed by atoms with Crippen LogP contribution < -0.4 is 0 Å². The lowest BCUT2D eigenvalue weighted by atomic mass is 10.2. The number of carbonyl (C=O) groups excluding carboxylic acids is 2. The van der Waals surface area contributed by atoms with Gasteiger partial charge in [0.05, 0.1) is 6.26 Å². The highest BCUT2D eigenvalue weighted by molar-refractivity contribution is 6.09. The highest BCUT2D eigenvalue weighted by atomic mass is 16.3. The SMILES string of the molecule is N#CC(C#N)=C(c1ccco1)N1C(=O)CCC1=O. The second-order valence-electron chi connectivity index (χ2n) is 3.55. The van der Waals surface area contributed by atoms with Gasteiger partial charge in [0.25, 0.3) is 0 Å². The van der Waals surface area contributed by atoms with E-state index in [4.69, 9.17) is 14.9 Å². The summed E-state index contributed by atoms with van der Waals surface area (Å²) < 4.78 is 5.08. The van der Waals surface area contributed by atoms with Gasteiger partial charge in [0.15, 0.2) is 11.3 Å². The highest BCUT2D eigenvalue weighted by Crippen LogP contribution is 2.28. The maximum atomic E-state index is 11.7. The maximum absolute atomic E-state index is 11.7. The number of hydrogen-bond acceptors (Lipinski definition) is 5. The van der Waals surface area contributed by atoms with E-state index in [0.29, 0.717) is 0 Å². The van der Waals surface area contributed by atoms with Gasteiger partial charge in [0.1, 0.15) is 17.8 Å². The Bertz CT molecular complexity index is 582. The van der Waals surface area contributed by atoms with Gasteiger partial charge in [0.2, 0.25) is 11.8 Å². The number of amides is 2. The molecule has 88 valence electrons. The molecule has 0 bridgehead atoms. The van der Waals surface area contributed by atoms with E-state index < -0.39 is 11.8 Å². The quantitative estimate of drug-likeness (QED) is 0.572. The zero-order valence-corrected chi connectivity index (χ0v) is 9.21. The Labute approximate surface area is 102 Å². The van der Waals surface area contributed by atoms with E-state index in [0.717, 1.165) is 4.90 Å². The van der Waals surface area contributed by atoms with Crippen LogP contribution in [0.3, 0.4) is 0 Å². The van der Waals surface area contributed by atoms with Crippen molar-refractivity contribution in [3.63, 3.8) is 0 Å². The van der Waals surface area contributed by atoms with E-state index in [1.54, 1.807) is 18.2 Å². The minimum atomic E-state index is -0.436. The molecule has 2 heterocycles. The Balaban J connectivity index is 2.62. The number of nitrogens with zero attached hydrogens (tertiary/aromatic N) is 3. The van der Waals surface area contributed by atoms with Crippen LogP contribution in [0.5, 0.6) is 0 Å². The molecule has 1 aromatic heterocycles. The standard InChI is InChI=1S/C12H7N3O3/c13-6-8(7-14)12(9-2-1-5-18-9)15-10(16)3-4-11(15)17/h1-2,5H,3-4H2. The predicted molar refractivity (Wildman–Crippen MR) is 57.9 cm³/mol. The van der Waals surface area contributed by atoms with Crippen LogP contribution >= 0.6 is 0 Å². The molecule has 6 heteroatoms. The average molecular weight is 241 g/mol. The number of nitriles is 2. The van der Waals surface area contributed by atoms with E-state index >= 15 is 0 Å². The molecular formula is C12H7N3O3. The molecule has 0 aromatic carbocycles. The molecule has 0 spiro atoms. The smallest absolute Gasteiger partial charge is 0.234 e. The van der Waals surface area contributed by atoms with Crippen LogP contribution in [0, 0.1) is 22.7 Å². The minimum Gasteiger partial charge on any atom is -0.463 e. The topological polar surface area (TPSA) is 98.1 Å². The molecule has 1 aliphatic heterocycles. The monoisotopic (exact) mass is 241 g/mol. The molecule has 0 radical (unpaired) electrons. The van der Waals surface area contributed by atoms with Crippen molar-refractivity contribution in [1.82, 2.24) is 4.90 Å². The Morgan fingerprint density at radius 1 is 1.22 bits per heavy atom. The van der Waals surface area contributed by atoms with Crippen molar-refractivity contribution in [1.29, 1.82) is 10.5 Å². The van der Waals surface area contributed by atoms with Gasteiger partial charge in [-0.1, -0.05) is 0 Å². The van der Waals surface area contributed by atoms with Gasteiger partial charge in [-0.05, 0) is 12.1 Å². The van der Waals surface area contributed by atoms with Crippen molar-refractivity contribution in [3.8, 4) is 12.1 Å². The zero-order chi connectivity index (χ0) is 13.1. The zero-order valence-electron chi connectivity index (χ0n) is 9.21. The number of likely N-dealkylation sites (tertiary alicyclic amines) is 1. The molecule has 18 heavy (non-hydrogen) atoms. The number of hydrogen-bond donors (Lipinski definition) is 0. The maximum Gasteiger partial charge on any atom is 0.234 e. The van der Waals surface area contributed by atoms with Crippen molar-refractivity contribution >= 4 is 17.5 Å². The fraction of sp³-hybridized carbons (Fsp3) is 0.167. The van der Waals surface area contributed by atoms with Crippen LogP contribution in [0.15, 0.2) is 28.4 Å². The number of rotatable bonds is 2. The summed E-state index contributed by atoms with van der Waals surface area (Å²) in [6.45, 7) is 0. The highest BCUT2D eigenvalue weighted by Gasteiger charge is 2.35. The van der Waals surface area contributed by atoms with Crippen LogP contribution in [0.25, 0.3) is 5.70 Å². The van der Waals surface area contributed by atoms with Gasteiger partial charge in [-0.25, -0.2) is 4.90 Å². The summed E-state index contributed by atoms with van der Waals surface area (Å²) >= 11 is 0. The molecular weight excluding hydrogens is 234 g/mol. The van der Waals surface area contributed by atoms with Crippen molar-refractivity contribution in [3.05, 3.63) is 29.7 Å². The summed E-state index contributed by atoms with van der Waals surface area (Å²) in [6, 6.07) is 6.38. The average Bonchev–Trinajstić information content (AvgIpc) is 2.99. The molecule has 1 aliphatic rings. The first-order chi connectivity index (χ1) is 8.69. The molecule has 2 amide bonds.